The third-order valence-electron chi connectivity index (χ3n) is 2.55. The van der Waals surface area contributed by atoms with Gasteiger partial charge in [-0.3, -0.25) is 0 Å². The average Bonchev–Trinajstić information content (AvgIpc) is 2.41. The Labute approximate surface area is 124 Å². The third-order valence-corrected chi connectivity index (χ3v) is 3.29. The number of halogens is 3. The molecule has 1 N–H and O–H groups in total. The summed E-state index contributed by atoms with van der Waals surface area (Å²) in [5.41, 5.74) is 0.491. The minimum absolute atomic E-state index is 0.0879. The Morgan fingerprint density at radius 3 is 2.55 bits per heavy atom. The molecule has 0 spiro atoms. The van der Waals surface area contributed by atoms with Gasteiger partial charge in [-0.2, -0.15) is 0 Å². The molecule has 3 nitrogen and oxygen atoms in total. The number of hydrogen-bond donors (Lipinski definition) is 1. The van der Waals surface area contributed by atoms with Gasteiger partial charge in [-0.25, -0.2) is 9.18 Å². The lowest BCUT2D eigenvalue weighted by molar-refractivity contribution is 0.0691. The van der Waals surface area contributed by atoms with Gasteiger partial charge in [-0.1, -0.05) is 29.3 Å². The van der Waals surface area contributed by atoms with Crippen molar-refractivity contribution < 1.29 is 19.0 Å². The normalized spacial score (nSPS) is 10.3. The van der Waals surface area contributed by atoms with E-state index in [-0.39, 0.29) is 17.9 Å². The molecule has 0 saturated carbocycles. The van der Waals surface area contributed by atoms with E-state index in [1.807, 2.05) is 0 Å². The van der Waals surface area contributed by atoms with E-state index < -0.39 is 11.8 Å². The van der Waals surface area contributed by atoms with Gasteiger partial charge < -0.3 is 9.84 Å². The largest absolute Gasteiger partial charge is 0.488 e. The molecule has 2 aromatic rings. The van der Waals surface area contributed by atoms with Crippen LogP contribution in [-0.4, -0.2) is 11.1 Å². The Morgan fingerprint density at radius 2 is 1.90 bits per heavy atom. The van der Waals surface area contributed by atoms with E-state index in [2.05, 4.69) is 0 Å². The van der Waals surface area contributed by atoms with Crippen molar-refractivity contribution in [1.29, 1.82) is 0 Å². The van der Waals surface area contributed by atoms with Crippen LogP contribution in [0.1, 0.15) is 15.9 Å². The highest BCUT2D eigenvalue weighted by molar-refractivity contribution is 6.42. The highest BCUT2D eigenvalue weighted by Gasteiger charge is 2.12. The molecule has 0 saturated heterocycles. The van der Waals surface area contributed by atoms with E-state index in [1.54, 1.807) is 18.2 Å². The first-order chi connectivity index (χ1) is 9.47. The number of ether oxygens (including phenoxy) is 1. The maximum Gasteiger partial charge on any atom is 0.339 e. The fourth-order valence-corrected chi connectivity index (χ4v) is 1.91. The molecule has 0 aliphatic rings. The van der Waals surface area contributed by atoms with E-state index >= 15 is 0 Å². The zero-order valence-electron chi connectivity index (χ0n) is 10.1. The number of aromatic carboxylic acids is 1. The smallest absolute Gasteiger partial charge is 0.339 e. The second-order valence-corrected chi connectivity index (χ2v) is 4.80. The third kappa shape index (κ3) is 3.40. The SMILES string of the molecule is O=C(O)c1cc(F)ccc1OCc1ccc(Cl)c(Cl)c1. The summed E-state index contributed by atoms with van der Waals surface area (Å²) in [4.78, 5) is 11.0. The van der Waals surface area contributed by atoms with Crippen LogP contribution >= 0.6 is 23.2 Å². The predicted octanol–water partition coefficient (Wildman–Crippen LogP) is 4.41. The lowest BCUT2D eigenvalue weighted by atomic mass is 10.2. The molecule has 2 rings (SSSR count). The van der Waals surface area contributed by atoms with Crippen molar-refractivity contribution >= 4 is 29.2 Å². The molecule has 0 aliphatic carbocycles. The van der Waals surface area contributed by atoms with E-state index in [0.29, 0.717) is 10.0 Å². The van der Waals surface area contributed by atoms with Crippen LogP contribution in [-0.2, 0) is 6.61 Å². The standard InChI is InChI=1S/C14H9Cl2FO3/c15-11-3-1-8(5-12(11)16)7-20-13-4-2-9(17)6-10(13)14(18)19/h1-6H,7H2,(H,18,19). The molecule has 0 radical (unpaired) electrons. The van der Waals surface area contributed by atoms with Crippen LogP contribution in [0.5, 0.6) is 5.75 Å². The molecule has 20 heavy (non-hydrogen) atoms. The van der Waals surface area contributed by atoms with Crippen molar-refractivity contribution in [3.63, 3.8) is 0 Å². The molecule has 2 aromatic carbocycles. The number of rotatable bonds is 4. The number of carboxylic acids is 1. The van der Waals surface area contributed by atoms with Crippen molar-refractivity contribution in [1.82, 2.24) is 0 Å². The van der Waals surface area contributed by atoms with Crippen LogP contribution in [0.2, 0.25) is 10.0 Å². The van der Waals surface area contributed by atoms with Gasteiger partial charge in [0.2, 0.25) is 0 Å². The Balaban J connectivity index is 2.18. The van der Waals surface area contributed by atoms with Crippen molar-refractivity contribution in [3.8, 4) is 5.75 Å². The molecule has 0 atom stereocenters. The summed E-state index contributed by atoms with van der Waals surface area (Å²) in [6.07, 6.45) is 0. The maximum absolute atomic E-state index is 13.0. The lowest BCUT2D eigenvalue weighted by Crippen LogP contribution is -2.04. The van der Waals surface area contributed by atoms with Crippen LogP contribution in [0.25, 0.3) is 0 Å². The van der Waals surface area contributed by atoms with E-state index in [0.717, 1.165) is 17.7 Å². The predicted molar refractivity (Wildman–Crippen MR) is 74.2 cm³/mol. The monoisotopic (exact) mass is 314 g/mol. The van der Waals surface area contributed by atoms with Gasteiger partial charge in [0.15, 0.2) is 0 Å². The van der Waals surface area contributed by atoms with Gasteiger partial charge in [0.1, 0.15) is 23.7 Å². The van der Waals surface area contributed by atoms with Gasteiger partial charge in [-0.15, -0.1) is 0 Å². The van der Waals surface area contributed by atoms with Crippen LogP contribution in [0.3, 0.4) is 0 Å². The van der Waals surface area contributed by atoms with Crippen LogP contribution < -0.4 is 4.74 Å². The van der Waals surface area contributed by atoms with Crippen LogP contribution in [0, 0.1) is 5.82 Å². The minimum Gasteiger partial charge on any atom is -0.488 e. The molecule has 0 fully saturated rings. The molecule has 0 bridgehead atoms. The number of benzene rings is 2. The first kappa shape index (κ1) is 14.6. The highest BCUT2D eigenvalue weighted by Crippen LogP contribution is 2.25. The van der Waals surface area contributed by atoms with E-state index in [4.69, 9.17) is 33.0 Å². The molecule has 0 unspecified atom stereocenters. The molecular weight excluding hydrogens is 306 g/mol. The first-order valence-corrected chi connectivity index (χ1v) is 6.32. The van der Waals surface area contributed by atoms with E-state index in [9.17, 15) is 9.18 Å². The summed E-state index contributed by atoms with van der Waals surface area (Å²) in [5.74, 6) is -1.80. The van der Waals surface area contributed by atoms with Crippen LogP contribution in [0.4, 0.5) is 4.39 Å². The average molecular weight is 315 g/mol. The second-order valence-electron chi connectivity index (χ2n) is 3.98. The van der Waals surface area contributed by atoms with Gasteiger partial charge >= 0.3 is 5.97 Å². The zero-order valence-corrected chi connectivity index (χ0v) is 11.6. The Hall–Kier alpha value is -1.78. The van der Waals surface area contributed by atoms with Crippen molar-refractivity contribution in [2.24, 2.45) is 0 Å². The summed E-state index contributed by atoms with van der Waals surface area (Å²) in [7, 11) is 0. The van der Waals surface area contributed by atoms with Gasteiger partial charge in [0, 0.05) is 0 Å². The lowest BCUT2D eigenvalue weighted by Gasteiger charge is -2.09. The van der Waals surface area contributed by atoms with Crippen molar-refractivity contribution in [2.75, 3.05) is 0 Å². The summed E-state index contributed by atoms with van der Waals surface area (Å²) in [6.45, 7) is 0.100. The molecule has 0 heterocycles. The Morgan fingerprint density at radius 1 is 1.15 bits per heavy atom. The Kier molecular flexibility index (Phi) is 4.47. The maximum atomic E-state index is 13.0. The molecule has 0 aromatic heterocycles. The highest BCUT2D eigenvalue weighted by atomic mass is 35.5. The summed E-state index contributed by atoms with van der Waals surface area (Å²) >= 11 is 11.7. The van der Waals surface area contributed by atoms with Gasteiger partial charge in [0.05, 0.1) is 10.0 Å². The fourth-order valence-electron chi connectivity index (χ4n) is 1.59. The zero-order chi connectivity index (χ0) is 14.7. The van der Waals surface area contributed by atoms with Crippen molar-refractivity contribution in [3.05, 3.63) is 63.4 Å². The number of hydrogen-bond acceptors (Lipinski definition) is 2. The summed E-state index contributed by atoms with van der Waals surface area (Å²) in [6, 6.07) is 8.26. The van der Waals surface area contributed by atoms with Crippen LogP contribution in [0.15, 0.2) is 36.4 Å². The molecular formula is C14H9Cl2FO3. The van der Waals surface area contributed by atoms with Gasteiger partial charge in [-0.05, 0) is 35.9 Å². The summed E-state index contributed by atoms with van der Waals surface area (Å²) in [5, 5.41) is 9.78. The number of carboxylic acid groups (broad SMARTS) is 1. The number of carbonyl (C=O) groups is 1. The topological polar surface area (TPSA) is 46.5 Å². The van der Waals surface area contributed by atoms with Gasteiger partial charge in [0.25, 0.3) is 0 Å². The van der Waals surface area contributed by atoms with Crippen molar-refractivity contribution in [2.45, 2.75) is 6.61 Å². The fraction of sp³-hybridized carbons (Fsp3) is 0.0714. The Bertz CT molecular complexity index is 659. The molecule has 0 amide bonds. The molecule has 0 aliphatic heterocycles. The first-order valence-electron chi connectivity index (χ1n) is 5.57. The molecule has 104 valence electrons. The minimum atomic E-state index is -1.26. The quantitative estimate of drug-likeness (QED) is 0.909. The second kappa shape index (κ2) is 6.11. The van der Waals surface area contributed by atoms with E-state index in [1.165, 1.54) is 6.07 Å². The summed E-state index contributed by atoms with van der Waals surface area (Å²) < 4.78 is 18.4. The molecule has 6 heteroatoms.